The van der Waals surface area contributed by atoms with Gasteiger partial charge in [-0.3, -0.25) is 4.98 Å². The maximum absolute atomic E-state index is 5.72. The minimum Gasteiger partial charge on any atom is -0.264 e. The molecule has 0 aliphatic carbocycles. The van der Waals surface area contributed by atoms with E-state index in [-0.39, 0.29) is 0 Å². The first-order valence-electron chi connectivity index (χ1n) is 3.92. The summed E-state index contributed by atoms with van der Waals surface area (Å²) in [6.45, 7) is 0. The second kappa shape index (κ2) is 3.90. The van der Waals surface area contributed by atoms with Crippen molar-refractivity contribution in [1.82, 2.24) is 4.98 Å². The third kappa shape index (κ3) is 1.90. The third-order valence-electron chi connectivity index (χ3n) is 1.80. The van der Waals surface area contributed by atoms with Gasteiger partial charge in [0.05, 0.1) is 0 Å². The van der Waals surface area contributed by atoms with Gasteiger partial charge in [-0.15, -0.1) is 11.6 Å². The summed E-state index contributed by atoms with van der Waals surface area (Å²) >= 11 is 7.41. The van der Waals surface area contributed by atoms with E-state index in [1.807, 2.05) is 6.20 Å². The summed E-state index contributed by atoms with van der Waals surface area (Å²) in [5, 5.41) is 4.16. The van der Waals surface area contributed by atoms with E-state index in [1.54, 1.807) is 17.5 Å². The highest BCUT2D eigenvalue weighted by molar-refractivity contribution is 7.08. The standard InChI is InChI=1S/C10H8ClNS/c11-4-8-3-10(6-12-5-8)9-1-2-13-7-9/h1-3,5-7H,4H2. The van der Waals surface area contributed by atoms with Gasteiger partial charge in [0, 0.05) is 23.8 Å². The van der Waals surface area contributed by atoms with Crippen LogP contribution in [0.5, 0.6) is 0 Å². The number of hydrogen-bond acceptors (Lipinski definition) is 2. The molecular weight excluding hydrogens is 202 g/mol. The van der Waals surface area contributed by atoms with Crippen molar-refractivity contribution in [1.29, 1.82) is 0 Å². The van der Waals surface area contributed by atoms with Crippen molar-refractivity contribution in [2.75, 3.05) is 0 Å². The van der Waals surface area contributed by atoms with Gasteiger partial charge >= 0.3 is 0 Å². The molecule has 0 fully saturated rings. The van der Waals surface area contributed by atoms with Gasteiger partial charge in [0.1, 0.15) is 0 Å². The largest absolute Gasteiger partial charge is 0.264 e. The number of thiophene rings is 1. The molecule has 0 aliphatic heterocycles. The molecule has 2 aromatic rings. The summed E-state index contributed by atoms with van der Waals surface area (Å²) in [5.74, 6) is 0.519. The van der Waals surface area contributed by atoms with E-state index in [4.69, 9.17) is 11.6 Å². The maximum Gasteiger partial charge on any atom is 0.0489 e. The fourth-order valence-electron chi connectivity index (χ4n) is 1.15. The molecular formula is C10H8ClNS. The van der Waals surface area contributed by atoms with Gasteiger partial charge in [-0.2, -0.15) is 11.3 Å². The molecule has 0 saturated carbocycles. The van der Waals surface area contributed by atoms with Crippen LogP contribution in [0.25, 0.3) is 11.1 Å². The Balaban J connectivity index is 2.41. The first kappa shape index (κ1) is 8.73. The number of hydrogen-bond donors (Lipinski definition) is 0. The van der Waals surface area contributed by atoms with Crippen molar-refractivity contribution in [2.24, 2.45) is 0 Å². The van der Waals surface area contributed by atoms with Crippen LogP contribution in [0, 0.1) is 0 Å². The summed E-state index contributed by atoms with van der Waals surface area (Å²) in [6.07, 6.45) is 3.65. The molecule has 2 rings (SSSR count). The lowest BCUT2D eigenvalue weighted by atomic mass is 10.1. The predicted molar refractivity (Wildman–Crippen MR) is 57.1 cm³/mol. The second-order valence-electron chi connectivity index (χ2n) is 2.73. The molecule has 3 heteroatoms. The Bertz CT molecular complexity index is 384. The zero-order chi connectivity index (χ0) is 9.10. The highest BCUT2D eigenvalue weighted by Gasteiger charge is 1.99. The van der Waals surface area contributed by atoms with Crippen LogP contribution in [0.2, 0.25) is 0 Å². The zero-order valence-electron chi connectivity index (χ0n) is 6.90. The number of halogens is 1. The minimum atomic E-state index is 0.519. The second-order valence-corrected chi connectivity index (χ2v) is 3.77. The summed E-state index contributed by atoms with van der Waals surface area (Å²) < 4.78 is 0. The van der Waals surface area contributed by atoms with Crippen LogP contribution in [-0.4, -0.2) is 4.98 Å². The van der Waals surface area contributed by atoms with E-state index < -0.39 is 0 Å². The van der Waals surface area contributed by atoms with Crippen molar-refractivity contribution >= 4 is 22.9 Å². The Morgan fingerprint density at radius 2 is 2.23 bits per heavy atom. The van der Waals surface area contributed by atoms with E-state index >= 15 is 0 Å². The quantitative estimate of drug-likeness (QED) is 0.690. The van der Waals surface area contributed by atoms with Crippen molar-refractivity contribution in [3.05, 3.63) is 40.8 Å². The Morgan fingerprint density at radius 1 is 1.31 bits per heavy atom. The molecule has 0 aromatic carbocycles. The zero-order valence-corrected chi connectivity index (χ0v) is 8.48. The van der Waals surface area contributed by atoms with E-state index in [0.29, 0.717) is 5.88 Å². The molecule has 0 saturated heterocycles. The van der Waals surface area contributed by atoms with Crippen LogP contribution in [0.3, 0.4) is 0 Å². The van der Waals surface area contributed by atoms with Crippen LogP contribution in [-0.2, 0) is 5.88 Å². The van der Waals surface area contributed by atoms with Crippen molar-refractivity contribution < 1.29 is 0 Å². The molecule has 0 N–H and O–H groups in total. The van der Waals surface area contributed by atoms with Crippen LogP contribution in [0.1, 0.15) is 5.56 Å². The average Bonchev–Trinajstić information content (AvgIpc) is 2.71. The summed E-state index contributed by atoms with van der Waals surface area (Å²) in [5.41, 5.74) is 3.41. The van der Waals surface area contributed by atoms with E-state index in [0.717, 1.165) is 11.1 Å². The molecule has 0 spiro atoms. The van der Waals surface area contributed by atoms with Gasteiger partial charge in [-0.25, -0.2) is 0 Å². The van der Waals surface area contributed by atoms with Crippen LogP contribution in [0.15, 0.2) is 35.3 Å². The molecule has 0 atom stereocenters. The lowest BCUT2D eigenvalue weighted by molar-refractivity contribution is 1.25. The lowest BCUT2D eigenvalue weighted by Gasteiger charge is -1.98. The molecule has 2 aromatic heterocycles. The SMILES string of the molecule is ClCc1cncc(-c2ccsc2)c1. The lowest BCUT2D eigenvalue weighted by Crippen LogP contribution is -1.82. The highest BCUT2D eigenvalue weighted by Crippen LogP contribution is 2.22. The minimum absolute atomic E-state index is 0.519. The Hall–Kier alpha value is -0.860. The molecule has 0 unspecified atom stereocenters. The Morgan fingerprint density at radius 3 is 2.92 bits per heavy atom. The topological polar surface area (TPSA) is 12.9 Å². The molecule has 66 valence electrons. The van der Waals surface area contributed by atoms with Crippen LogP contribution in [0.4, 0.5) is 0 Å². The number of nitrogens with zero attached hydrogens (tertiary/aromatic N) is 1. The summed E-state index contributed by atoms with van der Waals surface area (Å²) in [4.78, 5) is 4.13. The van der Waals surface area contributed by atoms with Crippen molar-refractivity contribution in [2.45, 2.75) is 5.88 Å². The Kier molecular flexibility index (Phi) is 2.62. The predicted octanol–water partition coefficient (Wildman–Crippen LogP) is 3.55. The van der Waals surface area contributed by atoms with Crippen molar-refractivity contribution in [3.8, 4) is 11.1 Å². The number of aromatic nitrogens is 1. The molecule has 0 amide bonds. The summed E-state index contributed by atoms with van der Waals surface area (Å²) in [6, 6.07) is 4.15. The van der Waals surface area contributed by atoms with Crippen LogP contribution >= 0.6 is 22.9 Å². The smallest absolute Gasteiger partial charge is 0.0489 e. The summed E-state index contributed by atoms with van der Waals surface area (Å²) in [7, 11) is 0. The molecule has 0 bridgehead atoms. The first-order chi connectivity index (χ1) is 6.40. The van der Waals surface area contributed by atoms with Crippen molar-refractivity contribution in [3.63, 3.8) is 0 Å². The van der Waals surface area contributed by atoms with Gasteiger partial charge in [-0.05, 0) is 34.0 Å². The van der Waals surface area contributed by atoms with Gasteiger partial charge in [0.25, 0.3) is 0 Å². The highest BCUT2D eigenvalue weighted by atomic mass is 35.5. The fourth-order valence-corrected chi connectivity index (χ4v) is 1.96. The first-order valence-corrected chi connectivity index (χ1v) is 5.40. The van der Waals surface area contributed by atoms with Gasteiger partial charge in [0.15, 0.2) is 0 Å². The van der Waals surface area contributed by atoms with Gasteiger partial charge in [-0.1, -0.05) is 0 Å². The van der Waals surface area contributed by atoms with Gasteiger partial charge < -0.3 is 0 Å². The molecule has 2 heterocycles. The molecule has 13 heavy (non-hydrogen) atoms. The van der Waals surface area contributed by atoms with Gasteiger partial charge in [0.2, 0.25) is 0 Å². The average molecular weight is 210 g/mol. The maximum atomic E-state index is 5.72. The molecule has 0 radical (unpaired) electrons. The fraction of sp³-hybridized carbons (Fsp3) is 0.100. The van der Waals surface area contributed by atoms with E-state index in [1.165, 1.54) is 5.56 Å². The number of pyridine rings is 1. The molecule has 1 nitrogen and oxygen atoms in total. The van der Waals surface area contributed by atoms with E-state index in [2.05, 4.69) is 27.9 Å². The van der Waals surface area contributed by atoms with Crippen LogP contribution < -0.4 is 0 Å². The molecule has 0 aliphatic rings. The number of alkyl halides is 1. The van der Waals surface area contributed by atoms with E-state index in [9.17, 15) is 0 Å². The third-order valence-corrected chi connectivity index (χ3v) is 2.80. The normalized spacial score (nSPS) is 10.2. The Labute approximate surface area is 86.0 Å². The number of rotatable bonds is 2. The monoisotopic (exact) mass is 209 g/mol.